The van der Waals surface area contributed by atoms with Crippen molar-refractivity contribution < 1.29 is 22.9 Å². The molecule has 1 atom stereocenters. The number of sulfonamides is 1. The molecule has 0 aliphatic carbocycles. The van der Waals surface area contributed by atoms with E-state index in [0.29, 0.717) is 4.31 Å². The largest absolute Gasteiger partial charge is 0.324 e. The molecule has 10 heteroatoms. The summed E-state index contributed by atoms with van der Waals surface area (Å²) < 4.78 is 25.7. The zero-order valence-corrected chi connectivity index (χ0v) is 14.3. The van der Waals surface area contributed by atoms with Crippen molar-refractivity contribution in [2.24, 2.45) is 0 Å². The van der Waals surface area contributed by atoms with Crippen LogP contribution in [-0.4, -0.2) is 35.5 Å². The molecule has 1 aliphatic rings. The number of fused-ring (bicyclic) bond motifs is 1. The third-order valence-corrected chi connectivity index (χ3v) is 5.82. The number of nitrogens with one attached hydrogen (secondary N) is 1. The van der Waals surface area contributed by atoms with Crippen molar-refractivity contribution in [2.75, 3.05) is 5.32 Å². The fourth-order valence-corrected chi connectivity index (χ4v) is 4.36. The van der Waals surface area contributed by atoms with Gasteiger partial charge in [0.05, 0.1) is 10.5 Å². The van der Waals surface area contributed by atoms with Crippen molar-refractivity contribution >= 4 is 33.2 Å². The zero-order valence-electron chi connectivity index (χ0n) is 13.4. The lowest BCUT2D eigenvalue weighted by Gasteiger charge is -2.22. The van der Waals surface area contributed by atoms with Crippen molar-refractivity contribution in [2.45, 2.75) is 17.9 Å². The molecular weight excluding hydrogens is 362 g/mol. The summed E-state index contributed by atoms with van der Waals surface area (Å²) in [7, 11) is -4.14. The Bertz CT molecular complexity index is 1030. The SMILES string of the molecule is CC(C(=O)Nc1cccc([N+](=O)[O-])c1)N1C(=O)c2ccccc2S1(=O)=O. The van der Waals surface area contributed by atoms with E-state index in [4.69, 9.17) is 0 Å². The number of non-ortho nitro benzene ring substituents is 1. The first-order valence-corrected chi connectivity index (χ1v) is 8.90. The number of carbonyl (C=O) groups excluding carboxylic acids is 2. The Kier molecular flexibility index (Phi) is 4.20. The van der Waals surface area contributed by atoms with Crippen LogP contribution >= 0.6 is 0 Å². The number of amides is 2. The molecule has 1 N–H and O–H groups in total. The summed E-state index contributed by atoms with van der Waals surface area (Å²) in [6, 6.07) is 9.56. The molecule has 2 amide bonds. The predicted octanol–water partition coefficient (Wildman–Crippen LogP) is 1.77. The number of hydrogen-bond donors (Lipinski definition) is 1. The molecular formula is C16H13N3O6S. The van der Waals surface area contributed by atoms with Crippen LogP contribution in [0.5, 0.6) is 0 Å². The molecule has 0 radical (unpaired) electrons. The van der Waals surface area contributed by atoms with Crippen LogP contribution in [0, 0.1) is 10.1 Å². The van der Waals surface area contributed by atoms with Crippen LogP contribution in [0.2, 0.25) is 0 Å². The normalized spacial score (nSPS) is 16.0. The van der Waals surface area contributed by atoms with Crippen LogP contribution in [0.4, 0.5) is 11.4 Å². The van der Waals surface area contributed by atoms with Gasteiger partial charge in [-0.3, -0.25) is 19.7 Å². The zero-order chi connectivity index (χ0) is 19.1. The van der Waals surface area contributed by atoms with E-state index in [9.17, 15) is 28.1 Å². The maximum atomic E-state index is 12.6. The van der Waals surface area contributed by atoms with E-state index in [2.05, 4.69) is 5.32 Å². The van der Waals surface area contributed by atoms with Gasteiger partial charge in [-0.1, -0.05) is 18.2 Å². The number of rotatable bonds is 4. The fraction of sp³-hybridized carbons (Fsp3) is 0.125. The fourth-order valence-electron chi connectivity index (χ4n) is 2.64. The van der Waals surface area contributed by atoms with Gasteiger partial charge in [-0.2, -0.15) is 0 Å². The van der Waals surface area contributed by atoms with Crippen molar-refractivity contribution in [1.82, 2.24) is 4.31 Å². The summed E-state index contributed by atoms with van der Waals surface area (Å²) in [6.07, 6.45) is 0. The van der Waals surface area contributed by atoms with E-state index in [1.54, 1.807) is 0 Å². The molecule has 1 unspecified atom stereocenters. The van der Waals surface area contributed by atoms with Crippen molar-refractivity contribution in [3.8, 4) is 0 Å². The number of hydrogen-bond acceptors (Lipinski definition) is 6. The summed E-state index contributed by atoms with van der Waals surface area (Å²) in [5.41, 5.74) is -0.104. The molecule has 0 fully saturated rings. The number of nitro groups is 1. The maximum absolute atomic E-state index is 12.6. The first-order chi connectivity index (χ1) is 12.2. The molecule has 2 aromatic rings. The first-order valence-electron chi connectivity index (χ1n) is 7.46. The molecule has 0 saturated heterocycles. The second-order valence-corrected chi connectivity index (χ2v) is 7.36. The second-order valence-electron chi connectivity index (χ2n) is 5.57. The van der Waals surface area contributed by atoms with E-state index >= 15 is 0 Å². The molecule has 9 nitrogen and oxygen atoms in total. The molecule has 1 heterocycles. The van der Waals surface area contributed by atoms with Crippen LogP contribution in [0.15, 0.2) is 53.4 Å². The van der Waals surface area contributed by atoms with Crippen LogP contribution in [0.3, 0.4) is 0 Å². The molecule has 0 bridgehead atoms. The number of anilines is 1. The summed E-state index contributed by atoms with van der Waals surface area (Å²) in [5, 5.41) is 13.2. The summed E-state index contributed by atoms with van der Waals surface area (Å²) in [5.74, 6) is -1.57. The third kappa shape index (κ3) is 2.80. The van der Waals surface area contributed by atoms with Gasteiger partial charge < -0.3 is 5.32 Å². The van der Waals surface area contributed by atoms with Gasteiger partial charge in [0.2, 0.25) is 5.91 Å². The molecule has 26 heavy (non-hydrogen) atoms. The molecule has 0 saturated carbocycles. The molecule has 3 rings (SSSR count). The van der Waals surface area contributed by atoms with Gasteiger partial charge in [0.1, 0.15) is 10.9 Å². The highest BCUT2D eigenvalue weighted by Crippen LogP contribution is 2.32. The Morgan fingerprint density at radius 1 is 1.19 bits per heavy atom. The van der Waals surface area contributed by atoms with Gasteiger partial charge in [-0.05, 0) is 25.1 Å². The maximum Gasteiger partial charge on any atom is 0.271 e. The minimum absolute atomic E-state index is 0.00231. The molecule has 0 spiro atoms. The number of nitro benzene ring substituents is 1. The van der Waals surface area contributed by atoms with Gasteiger partial charge in [0, 0.05) is 17.8 Å². The van der Waals surface area contributed by atoms with Gasteiger partial charge in [-0.25, -0.2) is 12.7 Å². The second kappa shape index (κ2) is 6.23. The van der Waals surface area contributed by atoms with E-state index in [1.165, 1.54) is 49.4 Å². The molecule has 1 aliphatic heterocycles. The van der Waals surface area contributed by atoms with Gasteiger partial charge in [0.25, 0.3) is 21.6 Å². The Labute approximate surface area is 148 Å². The third-order valence-electron chi connectivity index (χ3n) is 3.91. The van der Waals surface area contributed by atoms with Crippen molar-refractivity contribution in [3.63, 3.8) is 0 Å². The quantitative estimate of drug-likeness (QED) is 0.641. The smallest absolute Gasteiger partial charge is 0.271 e. The molecule has 2 aromatic carbocycles. The highest BCUT2D eigenvalue weighted by atomic mass is 32.2. The summed E-state index contributed by atoms with van der Waals surface area (Å²) >= 11 is 0. The number of nitrogens with zero attached hydrogens (tertiary/aromatic N) is 2. The Morgan fingerprint density at radius 3 is 2.54 bits per heavy atom. The Hall–Kier alpha value is -3.27. The monoisotopic (exact) mass is 375 g/mol. The number of benzene rings is 2. The van der Waals surface area contributed by atoms with Crippen LogP contribution in [0.25, 0.3) is 0 Å². The average Bonchev–Trinajstić information content (AvgIpc) is 2.81. The molecule has 0 aromatic heterocycles. The van der Waals surface area contributed by atoms with Crippen LogP contribution in [-0.2, 0) is 14.8 Å². The van der Waals surface area contributed by atoms with Crippen molar-refractivity contribution in [1.29, 1.82) is 0 Å². The standard InChI is InChI=1S/C16H13N3O6S/c1-10(15(20)17-11-5-4-6-12(9-11)19(22)23)18-16(21)13-7-2-3-8-14(13)26(18,24)25/h2-10H,1H3,(H,17,20). The lowest BCUT2D eigenvalue weighted by molar-refractivity contribution is -0.384. The Balaban J connectivity index is 1.87. The van der Waals surface area contributed by atoms with E-state index in [1.807, 2.05) is 0 Å². The lowest BCUT2D eigenvalue weighted by atomic mass is 10.2. The topological polar surface area (TPSA) is 127 Å². The average molecular weight is 375 g/mol. The van der Waals surface area contributed by atoms with Gasteiger partial charge in [0.15, 0.2) is 0 Å². The number of carbonyl (C=O) groups is 2. The van der Waals surface area contributed by atoms with Gasteiger partial charge >= 0.3 is 0 Å². The highest BCUT2D eigenvalue weighted by molar-refractivity contribution is 7.90. The van der Waals surface area contributed by atoms with Crippen LogP contribution in [0.1, 0.15) is 17.3 Å². The predicted molar refractivity (Wildman–Crippen MR) is 91.0 cm³/mol. The van der Waals surface area contributed by atoms with E-state index in [-0.39, 0.29) is 21.8 Å². The summed E-state index contributed by atoms with van der Waals surface area (Å²) in [6.45, 7) is 1.27. The first kappa shape index (κ1) is 17.5. The summed E-state index contributed by atoms with van der Waals surface area (Å²) in [4.78, 5) is 34.9. The lowest BCUT2D eigenvalue weighted by Crippen LogP contribution is -2.45. The van der Waals surface area contributed by atoms with Crippen molar-refractivity contribution in [3.05, 3.63) is 64.2 Å². The van der Waals surface area contributed by atoms with E-state index in [0.717, 1.165) is 6.07 Å². The van der Waals surface area contributed by atoms with Crippen LogP contribution < -0.4 is 5.32 Å². The van der Waals surface area contributed by atoms with Gasteiger partial charge in [-0.15, -0.1) is 0 Å². The highest BCUT2D eigenvalue weighted by Gasteiger charge is 2.45. The Morgan fingerprint density at radius 2 is 1.88 bits per heavy atom. The van der Waals surface area contributed by atoms with E-state index < -0.39 is 32.8 Å². The minimum atomic E-state index is -4.14. The molecule has 134 valence electrons. The minimum Gasteiger partial charge on any atom is -0.324 e.